The van der Waals surface area contributed by atoms with E-state index in [2.05, 4.69) is 10.4 Å². The lowest BCUT2D eigenvalue weighted by Crippen LogP contribution is -2.14. The summed E-state index contributed by atoms with van der Waals surface area (Å²) < 4.78 is 1.72. The Labute approximate surface area is 129 Å². The van der Waals surface area contributed by atoms with Crippen molar-refractivity contribution in [3.63, 3.8) is 0 Å². The smallest absolute Gasteiger partial charge is 0.276 e. The van der Waals surface area contributed by atoms with E-state index in [9.17, 15) is 4.79 Å². The number of fused-ring (bicyclic) bond motifs is 1. The van der Waals surface area contributed by atoms with Crippen molar-refractivity contribution >= 4 is 28.2 Å². The molecule has 0 bridgehead atoms. The average Bonchev–Trinajstić information content (AvgIpc) is 2.86. The summed E-state index contributed by atoms with van der Waals surface area (Å²) in [6, 6.07) is 15.4. The van der Waals surface area contributed by atoms with Gasteiger partial charge in [0.25, 0.3) is 5.91 Å². The highest BCUT2D eigenvalue weighted by Crippen LogP contribution is 2.20. The standard InChI is InChI=1S/C17H18N4O/c1-20(2)13-10-8-12(9-11-13)18-17(22)16-14-6-4-5-7-15(14)21(3)19-16/h4-11H,1-3H3,(H,18,22). The molecule has 1 N–H and O–H groups in total. The third kappa shape index (κ3) is 2.53. The summed E-state index contributed by atoms with van der Waals surface area (Å²) in [5.74, 6) is -0.200. The van der Waals surface area contributed by atoms with Gasteiger partial charge in [0.15, 0.2) is 5.69 Å². The highest BCUT2D eigenvalue weighted by Gasteiger charge is 2.15. The van der Waals surface area contributed by atoms with E-state index >= 15 is 0 Å². The van der Waals surface area contributed by atoms with Gasteiger partial charge in [0.1, 0.15) is 0 Å². The maximum absolute atomic E-state index is 12.5. The van der Waals surface area contributed by atoms with Crippen molar-refractivity contribution in [1.29, 1.82) is 0 Å². The lowest BCUT2D eigenvalue weighted by molar-refractivity contribution is 0.102. The second-order valence-corrected chi connectivity index (χ2v) is 5.38. The summed E-state index contributed by atoms with van der Waals surface area (Å²) in [5, 5.41) is 8.08. The molecule has 112 valence electrons. The number of aryl methyl sites for hydroxylation is 1. The third-order valence-electron chi connectivity index (χ3n) is 3.61. The van der Waals surface area contributed by atoms with Gasteiger partial charge >= 0.3 is 0 Å². The second kappa shape index (κ2) is 5.52. The van der Waals surface area contributed by atoms with Crippen molar-refractivity contribution in [3.05, 3.63) is 54.2 Å². The van der Waals surface area contributed by atoms with E-state index in [0.29, 0.717) is 5.69 Å². The number of hydrogen-bond acceptors (Lipinski definition) is 3. The zero-order valence-corrected chi connectivity index (χ0v) is 12.9. The van der Waals surface area contributed by atoms with Gasteiger partial charge in [-0.25, -0.2) is 0 Å². The van der Waals surface area contributed by atoms with Crippen molar-refractivity contribution in [2.75, 3.05) is 24.3 Å². The lowest BCUT2D eigenvalue weighted by Gasteiger charge is -2.12. The number of amides is 1. The first-order valence-corrected chi connectivity index (χ1v) is 7.07. The molecule has 0 aliphatic heterocycles. The number of nitrogens with zero attached hydrogens (tertiary/aromatic N) is 3. The van der Waals surface area contributed by atoms with E-state index in [-0.39, 0.29) is 5.91 Å². The molecule has 3 rings (SSSR count). The predicted octanol–water partition coefficient (Wildman–Crippen LogP) is 2.89. The van der Waals surface area contributed by atoms with Crippen LogP contribution in [0.25, 0.3) is 10.9 Å². The van der Waals surface area contributed by atoms with Crippen LogP contribution in [0.3, 0.4) is 0 Å². The van der Waals surface area contributed by atoms with Crippen LogP contribution in [0.2, 0.25) is 0 Å². The minimum absolute atomic E-state index is 0.200. The molecular formula is C17H18N4O. The van der Waals surface area contributed by atoms with E-state index in [1.807, 2.05) is 74.6 Å². The van der Waals surface area contributed by atoms with Crippen molar-refractivity contribution in [3.8, 4) is 0 Å². The molecule has 0 spiro atoms. The quantitative estimate of drug-likeness (QED) is 0.808. The highest BCUT2D eigenvalue weighted by atomic mass is 16.2. The van der Waals surface area contributed by atoms with Crippen molar-refractivity contribution in [2.45, 2.75) is 0 Å². The summed E-state index contributed by atoms with van der Waals surface area (Å²) in [6.45, 7) is 0. The Morgan fingerprint density at radius 1 is 1.09 bits per heavy atom. The SMILES string of the molecule is CN(C)c1ccc(NC(=O)c2nn(C)c3ccccc23)cc1. The van der Waals surface area contributed by atoms with Crippen molar-refractivity contribution < 1.29 is 4.79 Å². The van der Waals surface area contributed by atoms with Gasteiger partial charge in [0.05, 0.1) is 5.52 Å². The highest BCUT2D eigenvalue weighted by molar-refractivity contribution is 6.11. The normalized spacial score (nSPS) is 10.7. The molecule has 0 aliphatic rings. The van der Waals surface area contributed by atoms with Crippen LogP contribution in [0.5, 0.6) is 0 Å². The number of para-hydroxylation sites is 1. The van der Waals surface area contributed by atoms with Crippen LogP contribution in [0.15, 0.2) is 48.5 Å². The Kier molecular flexibility index (Phi) is 3.55. The van der Waals surface area contributed by atoms with Gasteiger partial charge in [-0.2, -0.15) is 5.10 Å². The van der Waals surface area contributed by atoms with E-state index in [0.717, 1.165) is 22.3 Å². The monoisotopic (exact) mass is 294 g/mol. The molecule has 1 amide bonds. The van der Waals surface area contributed by atoms with Crippen LogP contribution >= 0.6 is 0 Å². The first-order chi connectivity index (χ1) is 10.6. The number of aromatic nitrogens is 2. The first kappa shape index (κ1) is 14.1. The fourth-order valence-corrected chi connectivity index (χ4v) is 2.41. The van der Waals surface area contributed by atoms with Gasteiger partial charge in [0, 0.05) is 37.9 Å². The molecule has 0 unspecified atom stereocenters. The number of hydrogen-bond donors (Lipinski definition) is 1. The van der Waals surface area contributed by atoms with Gasteiger partial charge in [-0.15, -0.1) is 0 Å². The minimum atomic E-state index is -0.200. The van der Waals surface area contributed by atoms with Gasteiger partial charge < -0.3 is 10.2 Å². The van der Waals surface area contributed by atoms with Crippen LogP contribution in [-0.2, 0) is 7.05 Å². The van der Waals surface area contributed by atoms with Crippen LogP contribution in [0.4, 0.5) is 11.4 Å². The number of nitrogens with one attached hydrogen (secondary N) is 1. The first-order valence-electron chi connectivity index (χ1n) is 7.07. The number of carbonyl (C=O) groups is 1. The predicted molar refractivity (Wildman–Crippen MR) is 89.4 cm³/mol. The second-order valence-electron chi connectivity index (χ2n) is 5.38. The summed E-state index contributed by atoms with van der Waals surface area (Å²) >= 11 is 0. The number of anilines is 2. The molecule has 0 saturated heterocycles. The molecule has 5 nitrogen and oxygen atoms in total. The molecule has 0 radical (unpaired) electrons. The molecule has 0 saturated carbocycles. The van der Waals surface area contributed by atoms with E-state index in [4.69, 9.17) is 0 Å². The molecule has 5 heteroatoms. The van der Waals surface area contributed by atoms with E-state index in [1.165, 1.54) is 0 Å². The zero-order valence-electron chi connectivity index (χ0n) is 12.9. The summed E-state index contributed by atoms with van der Waals surface area (Å²) in [7, 11) is 5.80. The molecule has 0 aliphatic carbocycles. The fourth-order valence-electron chi connectivity index (χ4n) is 2.41. The van der Waals surface area contributed by atoms with Gasteiger partial charge in [0.2, 0.25) is 0 Å². The maximum Gasteiger partial charge on any atom is 0.276 e. The number of carbonyl (C=O) groups excluding carboxylic acids is 1. The van der Waals surface area contributed by atoms with Crippen LogP contribution < -0.4 is 10.2 Å². The maximum atomic E-state index is 12.5. The minimum Gasteiger partial charge on any atom is -0.378 e. The number of rotatable bonds is 3. The zero-order chi connectivity index (χ0) is 15.7. The molecule has 1 heterocycles. The fraction of sp³-hybridized carbons (Fsp3) is 0.176. The average molecular weight is 294 g/mol. The van der Waals surface area contributed by atoms with Crippen LogP contribution in [0, 0.1) is 0 Å². The van der Waals surface area contributed by atoms with Crippen molar-refractivity contribution in [1.82, 2.24) is 9.78 Å². The van der Waals surface area contributed by atoms with E-state index in [1.54, 1.807) is 4.68 Å². The summed E-state index contributed by atoms with van der Waals surface area (Å²) in [6.07, 6.45) is 0. The van der Waals surface area contributed by atoms with Gasteiger partial charge in [-0.3, -0.25) is 9.48 Å². The van der Waals surface area contributed by atoms with E-state index < -0.39 is 0 Å². The molecular weight excluding hydrogens is 276 g/mol. The van der Waals surface area contributed by atoms with Crippen LogP contribution in [-0.4, -0.2) is 29.8 Å². The van der Waals surface area contributed by atoms with Crippen molar-refractivity contribution in [2.24, 2.45) is 7.05 Å². The Morgan fingerprint density at radius 3 is 2.45 bits per heavy atom. The van der Waals surface area contributed by atoms with Crippen LogP contribution in [0.1, 0.15) is 10.5 Å². The Bertz CT molecular complexity index is 818. The lowest BCUT2D eigenvalue weighted by atomic mass is 10.2. The van der Waals surface area contributed by atoms with Gasteiger partial charge in [-0.1, -0.05) is 18.2 Å². The summed E-state index contributed by atoms with van der Waals surface area (Å²) in [5.41, 5.74) is 3.22. The summed E-state index contributed by atoms with van der Waals surface area (Å²) in [4.78, 5) is 14.5. The molecule has 0 atom stereocenters. The Hall–Kier alpha value is -2.82. The molecule has 22 heavy (non-hydrogen) atoms. The molecule has 2 aromatic carbocycles. The Morgan fingerprint density at radius 2 is 1.77 bits per heavy atom. The molecule has 0 fully saturated rings. The molecule has 3 aromatic rings. The molecule has 1 aromatic heterocycles. The largest absolute Gasteiger partial charge is 0.378 e. The topological polar surface area (TPSA) is 50.2 Å². The van der Waals surface area contributed by atoms with Gasteiger partial charge in [-0.05, 0) is 30.3 Å². The number of benzene rings is 2. The Balaban J connectivity index is 1.87. The third-order valence-corrected chi connectivity index (χ3v) is 3.61.